The maximum atomic E-state index is 9.01. The van der Waals surface area contributed by atoms with E-state index in [0.717, 1.165) is 17.7 Å². The molecule has 0 aromatic rings. The fourth-order valence-corrected chi connectivity index (χ4v) is 3.90. The molecule has 2 aliphatic heterocycles. The first-order chi connectivity index (χ1) is 6.40. The first-order valence-electron chi connectivity index (χ1n) is 5.36. The molecule has 3 heteroatoms. The molecule has 0 aromatic heterocycles. The third-order valence-electron chi connectivity index (χ3n) is 3.22. The summed E-state index contributed by atoms with van der Waals surface area (Å²) in [4.78, 5) is 0. The number of hydrogen-bond acceptors (Lipinski definition) is 3. The second kappa shape index (κ2) is 4.67. The lowest BCUT2D eigenvalue weighted by Gasteiger charge is -2.26. The monoisotopic (exact) mass is 201 g/mol. The van der Waals surface area contributed by atoms with Crippen LogP contribution in [0.15, 0.2) is 0 Å². The minimum Gasteiger partial charge on any atom is -0.395 e. The van der Waals surface area contributed by atoms with Gasteiger partial charge in [-0.2, -0.15) is 11.8 Å². The van der Waals surface area contributed by atoms with Crippen molar-refractivity contribution in [1.82, 2.24) is 5.32 Å². The molecule has 2 rings (SSSR count). The Labute approximate surface area is 84.5 Å². The molecule has 2 N–H and O–H groups in total. The third-order valence-corrected chi connectivity index (χ3v) is 4.79. The average Bonchev–Trinajstić information content (AvgIpc) is 2.67. The van der Waals surface area contributed by atoms with Crippen LogP contribution < -0.4 is 5.32 Å². The van der Waals surface area contributed by atoms with Crippen LogP contribution in [0.4, 0.5) is 0 Å². The van der Waals surface area contributed by atoms with Gasteiger partial charge in [0.25, 0.3) is 0 Å². The van der Waals surface area contributed by atoms with E-state index in [1.807, 2.05) is 0 Å². The molecule has 0 aliphatic carbocycles. The maximum Gasteiger partial charge on any atom is 0.0584 e. The Kier molecular flexibility index (Phi) is 3.52. The van der Waals surface area contributed by atoms with Gasteiger partial charge >= 0.3 is 0 Å². The van der Waals surface area contributed by atoms with Gasteiger partial charge in [0.2, 0.25) is 0 Å². The summed E-state index contributed by atoms with van der Waals surface area (Å²) in [7, 11) is 0. The summed E-state index contributed by atoms with van der Waals surface area (Å²) < 4.78 is 0. The van der Waals surface area contributed by atoms with E-state index in [1.165, 1.54) is 31.4 Å². The number of hydrogen-bond donors (Lipinski definition) is 2. The Bertz CT molecular complexity index is 159. The van der Waals surface area contributed by atoms with Crippen molar-refractivity contribution in [3.05, 3.63) is 0 Å². The smallest absolute Gasteiger partial charge is 0.0584 e. The molecule has 0 amide bonds. The average molecular weight is 201 g/mol. The minimum atomic E-state index is 0.313. The Morgan fingerprint density at radius 1 is 1.38 bits per heavy atom. The van der Waals surface area contributed by atoms with Gasteiger partial charge in [0.1, 0.15) is 0 Å². The van der Waals surface area contributed by atoms with Gasteiger partial charge in [0.15, 0.2) is 0 Å². The quantitative estimate of drug-likeness (QED) is 0.705. The molecule has 0 spiro atoms. The summed E-state index contributed by atoms with van der Waals surface area (Å²) in [6.45, 7) is 1.44. The summed E-state index contributed by atoms with van der Waals surface area (Å²) >= 11 is 2.15. The van der Waals surface area contributed by atoms with E-state index in [1.54, 1.807) is 0 Å². The summed E-state index contributed by atoms with van der Waals surface area (Å²) in [5.41, 5.74) is 0. The number of thioether (sulfide) groups is 1. The van der Waals surface area contributed by atoms with Gasteiger partial charge in [-0.05, 0) is 37.5 Å². The normalized spacial score (nSPS) is 40.8. The topological polar surface area (TPSA) is 32.3 Å². The van der Waals surface area contributed by atoms with Crippen LogP contribution in [0.2, 0.25) is 0 Å². The van der Waals surface area contributed by atoms with E-state index in [9.17, 15) is 0 Å². The van der Waals surface area contributed by atoms with Crippen LogP contribution >= 0.6 is 11.8 Å². The Balaban J connectivity index is 1.80. The second-order valence-electron chi connectivity index (χ2n) is 4.19. The molecule has 76 valence electrons. The van der Waals surface area contributed by atoms with E-state index >= 15 is 0 Å². The third kappa shape index (κ3) is 2.39. The summed E-state index contributed by atoms with van der Waals surface area (Å²) in [5.74, 6) is 2.17. The largest absolute Gasteiger partial charge is 0.395 e. The number of aliphatic hydroxyl groups excluding tert-OH is 1. The van der Waals surface area contributed by atoms with E-state index in [4.69, 9.17) is 5.11 Å². The molecule has 3 unspecified atom stereocenters. The van der Waals surface area contributed by atoms with Crippen molar-refractivity contribution in [2.24, 2.45) is 5.92 Å². The first kappa shape index (κ1) is 9.81. The van der Waals surface area contributed by atoms with Crippen molar-refractivity contribution in [1.29, 1.82) is 0 Å². The van der Waals surface area contributed by atoms with Crippen LogP contribution in [0.5, 0.6) is 0 Å². The molecular formula is C10H19NOS. The zero-order valence-corrected chi connectivity index (χ0v) is 8.85. The highest BCUT2D eigenvalue weighted by Gasteiger charge is 2.31. The summed E-state index contributed by atoms with van der Waals surface area (Å²) in [5, 5.41) is 13.3. The SMILES string of the molecule is OCC1CC(C2CCCCS2)CN1. The van der Waals surface area contributed by atoms with Crippen LogP contribution in [0.3, 0.4) is 0 Å². The van der Waals surface area contributed by atoms with Gasteiger partial charge < -0.3 is 10.4 Å². The van der Waals surface area contributed by atoms with Crippen LogP contribution in [0, 0.1) is 5.92 Å². The molecule has 0 saturated carbocycles. The number of nitrogens with one attached hydrogen (secondary N) is 1. The van der Waals surface area contributed by atoms with Crippen molar-refractivity contribution in [2.75, 3.05) is 18.9 Å². The van der Waals surface area contributed by atoms with Crippen molar-refractivity contribution < 1.29 is 5.11 Å². The lowest BCUT2D eigenvalue weighted by atomic mass is 9.97. The van der Waals surface area contributed by atoms with Gasteiger partial charge in [0, 0.05) is 11.3 Å². The molecule has 2 saturated heterocycles. The molecule has 3 atom stereocenters. The van der Waals surface area contributed by atoms with Gasteiger partial charge in [-0.3, -0.25) is 0 Å². The Morgan fingerprint density at radius 2 is 2.31 bits per heavy atom. The lowest BCUT2D eigenvalue weighted by Crippen LogP contribution is -2.25. The van der Waals surface area contributed by atoms with Gasteiger partial charge in [-0.15, -0.1) is 0 Å². The standard InChI is InChI=1S/C10H19NOS/c12-7-9-5-8(6-11-9)10-3-1-2-4-13-10/h8-12H,1-7H2. The minimum absolute atomic E-state index is 0.313. The van der Waals surface area contributed by atoms with E-state index in [0.29, 0.717) is 12.6 Å². The zero-order chi connectivity index (χ0) is 9.10. The predicted molar refractivity (Wildman–Crippen MR) is 57.1 cm³/mol. The summed E-state index contributed by atoms with van der Waals surface area (Å²) in [6, 6.07) is 0.382. The maximum absolute atomic E-state index is 9.01. The van der Waals surface area contributed by atoms with Crippen molar-refractivity contribution in [3.63, 3.8) is 0 Å². The van der Waals surface area contributed by atoms with Crippen molar-refractivity contribution >= 4 is 11.8 Å². The molecule has 2 nitrogen and oxygen atoms in total. The Hall–Kier alpha value is 0.270. The molecule has 2 heterocycles. The van der Waals surface area contributed by atoms with Crippen LogP contribution in [-0.4, -0.2) is 35.3 Å². The zero-order valence-electron chi connectivity index (χ0n) is 8.04. The van der Waals surface area contributed by atoms with E-state index in [2.05, 4.69) is 17.1 Å². The molecule has 2 aliphatic rings. The second-order valence-corrected chi connectivity index (χ2v) is 5.54. The highest BCUT2D eigenvalue weighted by molar-refractivity contribution is 7.99. The van der Waals surface area contributed by atoms with Gasteiger partial charge in [-0.25, -0.2) is 0 Å². The van der Waals surface area contributed by atoms with Crippen LogP contribution in [0.25, 0.3) is 0 Å². The van der Waals surface area contributed by atoms with E-state index in [-0.39, 0.29) is 0 Å². The molecule has 0 bridgehead atoms. The van der Waals surface area contributed by atoms with Crippen LogP contribution in [0.1, 0.15) is 25.7 Å². The molecule has 2 fully saturated rings. The predicted octanol–water partition coefficient (Wildman–Crippen LogP) is 1.24. The molecule has 13 heavy (non-hydrogen) atoms. The number of aliphatic hydroxyl groups is 1. The summed E-state index contributed by atoms with van der Waals surface area (Å²) in [6.07, 6.45) is 5.41. The van der Waals surface area contributed by atoms with Crippen molar-refractivity contribution in [3.8, 4) is 0 Å². The van der Waals surface area contributed by atoms with Gasteiger partial charge in [0.05, 0.1) is 6.61 Å². The van der Waals surface area contributed by atoms with Crippen LogP contribution in [-0.2, 0) is 0 Å². The molecule has 0 aromatic carbocycles. The van der Waals surface area contributed by atoms with Crippen molar-refractivity contribution in [2.45, 2.75) is 37.0 Å². The number of rotatable bonds is 2. The highest BCUT2D eigenvalue weighted by Crippen LogP contribution is 2.34. The molecular weight excluding hydrogens is 182 g/mol. The first-order valence-corrected chi connectivity index (χ1v) is 6.41. The highest BCUT2D eigenvalue weighted by atomic mass is 32.2. The fourth-order valence-electron chi connectivity index (χ4n) is 2.41. The fraction of sp³-hybridized carbons (Fsp3) is 1.00. The lowest BCUT2D eigenvalue weighted by molar-refractivity contribution is 0.252. The van der Waals surface area contributed by atoms with Gasteiger partial charge in [-0.1, -0.05) is 6.42 Å². The molecule has 0 radical (unpaired) electrons. The van der Waals surface area contributed by atoms with E-state index < -0.39 is 0 Å². The Morgan fingerprint density at radius 3 is 2.92 bits per heavy atom.